The number of nitrogens with one attached hydrogen (secondary N) is 1. The molecule has 1 atom stereocenters. The molecule has 7 heteroatoms. The third-order valence-corrected chi connectivity index (χ3v) is 6.05. The van der Waals surface area contributed by atoms with E-state index in [1.54, 1.807) is 4.68 Å². The monoisotopic (exact) mass is 419 g/mol. The molecule has 0 amide bonds. The van der Waals surface area contributed by atoms with E-state index in [0.717, 1.165) is 40.9 Å². The van der Waals surface area contributed by atoms with Crippen LogP contribution in [0, 0.1) is 0 Å². The van der Waals surface area contributed by atoms with Crippen molar-refractivity contribution in [3.63, 3.8) is 0 Å². The summed E-state index contributed by atoms with van der Waals surface area (Å²) < 4.78 is 1.80. The first-order chi connectivity index (χ1) is 14.5. The van der Waals surface area contributed by atoms with Gasteiger partial charge >= 0.3 is 0 Å². The van der Waals surface area contributed by atoms with Crippen LogP contribution in [0.4, 0.5) is 11.6 Å². The number of anilines is 2. The number of carbonyl (C=O) groups excluding carboxylic acids is 1. The summed E-state index contributed by atoms with van der Waals surface area (Å²) in [5.41, 5.74) is 4.58. The predicted octanol–water partition coefficient (Wildman–Crippen LogP) is 4.69. The maximum absolute atomic E-state index is 12.9. The van der Waals surface area contributed by atoms with Gasteiger partial charge in [0, 0.05) is 53.6 Å². The number of nitrogens with zero attached hydrogens (tertiary/aromatic N) is 4. The van der Waals surface area contributed by atoms with Crippen molar-refractivity contribution >= 4 is 29.0 Å². The molecule has 152 valence electrons. The molecular formula is C23H22ClN5O. The second-order valence-corrected chi connectivity index (χ2v) is 8.27. The van der Waals surface area contributed by atoms with Crippen molar-refractivity contribution < 1.29 is 4.79 Å². The number of hydrogen-bond acceptors (Lipinski definition) is 5. The van der Waals surface area contributed by atoms with Crippen molar-refractivity contribution in [3.8, 4) is 11.4 Å². The Kier molecular flexibility index (Phi) is 4.59. The summed E-state index contributed by atoms with van der Waals surface area (Å²) in [4.78, 5) is 19.7. The van der Waals surface area contributed by atoms with E-state index in [4.69, 9.17) is 21.7 Å². The second kappa shape index (κ2) is 7.29. The third kappa shape index (κ3) is 3.08. The number of ketones is 1. The van der Waals surface area contributed by atoms with Gasteiger partial charge in [-0.15, -0.1) is 5.10 Å². The predicted molar refractivity (Wildman–Crippen MR) is 119 cm³/mol. The van der Waals surface area contributed by atoms with Crippen LogP contribution in [0.2, 0.25) is 5.02 Å². The zero-order valence-corrected chi connectivity index (χ0v) is 17.6. The van der Waals surface area contributed by atoms with Gasteiger partial charge in [-0.2, -0.15) is 4.98 Å². The Hall–Kier alpha value is -3.12. The fraction of sp³-hybridized carbons (Fsp3) is 0.261. The van der Waals surface area contributed by atoms with E-state index in [1.807, 2.05) is 67.5 Å². The van der Waals surface area contributed by atoms with E-state index in [0.29, 0.717) is 23.2 Å². The maximum Gasteiger partial charge on any atom is 0.226 e. The summed E-state index contributed by atoms with van der Waals surface area (Å²) in [7, 11) is 4.02. The van der Waals surface area contributed by atoms with Gasteiger partial charge in [0.2, 0.25) is 5.95 Å². The van der Waals surface area contributed by atoms with E-state index in [9.17, 15) is 4.79 Å². The summed E-state index contributed by atoms with van der Waals surface area (Å²) in [6, 6.07) is 15.4. The molecule has 1 aliphatic carbocycles. The van der Waals surface area contributed by atoms with Crippen molar-refractivity contribution in [1.29, 1.82) is 0 Å². The normalized spacial score (nSPS) is 18.0. The van der Waals surface area contributed by atoms with Gasteiger partial charge in [0.25, 0.3) is 0 Å². The zero-order valence-electron chi connectivity index (χ0n) is 16.9. The van der Waals surface area contributed by atoms with Crippen LogP contribution in [-0.4, -0.2) is 34.6 Å². The molecule has 0 radical (unpaired) electrons. The van der Waals surface area contributed by atoms with Gasteiger partial charge in [0.15, 0.2) is 11.6 Å². The van der Waals surface area contributed by atoms with Gasteiger partial charge in [-0.3, -0.25) is 4.79 Å². The molecule has 6 nitrogen and oxygen atoms in total. The molecule has 2 heterocycles. The summed E-state index contributed by atoms with van der Waals surface area (Å²) in [5, 5.41) is 8.79. The van der Waals surface area contributed by atoms with Gasteiger partial charge in [-0.25, -0.2) is 4.68 Å². The maximum atomic E-state index is 12.9. The minimum Gasteiger partial charge on any atom is -0.378 e. The number of benzene rings is 2. The first-order valence-corrected chi connectivity index (χ1v) is 10.4. The number of aromatic nitrogens is 3. The molecule has 1 aliphatic heterocycles. The quantitative estimate of drug-likeness (QED) is 0.667. The molecule has 0 bridgehead atoms. The second-order valence-electron chi connectivity index (χ2n) is 7.86. The van der Waals surface area contributed by atoms with E-state index in [2.05, 4.69) is 5.32 Å². The molecule has 0 saturated heterocycles. The average molecular weight is 420 g/mol. The van der Waals surface area contributed by atoms with E-state index < -0.39 is 0 Å². The van der Waals surface area contributed by atoms with Gasteiger partial charge in [-0.05, 0) is 43.2 Å². The van der Waals surface area contributed by atoms with Crippen molar-refractivity contribution in [1.82, 2.24) is 14.8 Å². The number of carbonyl (C=O) groups is 1. The zero-order chi connectivity index (χ0) is 20.8. The largest absolute Gasteiger partial charge is 0.378 e. The van der Waals surface area contributed by atoms with Crippen LogP contribution >= 0.6 is 11.6 Å². The Morgan fingerprint density at radius 1 is 1.10 bits per heavy atom. The van der Waals surface area contributed by atoms with E-state index >= 15 is 0 Å². The molecular weight excluding hydrogens is 398 g/mol. The highest BCUT2D eigenvalue weighted by Gasteiger charge is 2.37. The fourth-order valence-corrected chi connectivity index (χ4v) is 4.41. The highest BCUT2D eigenvalue weighted by Crippen LogP contribution is 2.42. The topological polar surface area (TPSA) is 63.1 Å². The summed E-state index contributed by atoms with van der Waals surface area (Å²) in [6.45, 7) is 0. The highest BCUT2D eigenvalue weighted by atomic mass is 35.5. The number of halogens is 1. The summed E-state index contributed by atoms with van der Waals surface area (Å²) >= 11 is 6.55. The number of Topliss-reactive ketones (excluding diaryl/α,β-unsaturated/α-hetero) is 1. The summed E-state index contributed by atoms with van der Waals surface area (Å²) in [5.74, 6) is 1.40. The standard InChI is InChI=1S/C23H22ClN5O/c1-28(2)15-12-10-14(11-13-15)22-26-23-25-18-8-5-9-19(30)20(18)21(29(23)27-22)16-6-3-4-7-17(16)24/h3-4,6-7,10-13,21H,5,8-9H2,1-2H3,(H,25,26,27)/t21-/m1/s1. The Bertz CT molecular complexity index is 1160. The van der Waals surface area contributed by atoms with Crippen LogP contribution in [0.15, 0.2) is 59.8 Å². The Balaban J connectivity index is 1.64. The first kappa shape index (κ1) is 18.9. The Labute approximate surface area is 180 Å². The minimum atomic E-state index is -0.375. The van der Waals surface area contributed by atoms with Crippen LogP contribution in [-0.2, 0) is 4.79 Å². The van der Waals surface area contributed by atoms with Gasteiger partial charge in [0.1, 0.15) is 6.04 Å². The highest BCUT2D eigenvalue weighted by molar-refractivity contribution is 6.31. The van der Waals surface area contributed by atoms with Gasteiger partial charge in [0.05, 0.1) is 0 Å². The van der Waals surface area contributed by atoms with Gasteiger partial charge < -0.3 is 10.2 Å². The molecule has 2 aromatic carbocycles. The van der Waals surface area contributed by atoms with Crippen molar-refractivity contribution in [2.45, 2.75) is 25.3 Å². The molecule has 0 fully saturated rings. The summed E-state index contributed by atoms with van der Waals surface area (Å²) in [6.07, 6.45) is 2.21. The lowest BCUT2D eigenvalue weighted by Gasteiger charge is -2.32. The van der Waals surface area contributed by atoms with Crippen LogP contribution in [0.3, 0.4) is 0 Å². The van der Waals surface area contributed by atoms with Gasteiger partial charge in [-0.1, -0.05) is 29.8 Å². The molecule has 2 aliphatic rings. The Morgan fingerprint density at radius 3 is 2.60 bits per heavy atom. The molecule has 0 unspecified atom stereocenters. The SMILES string of the molecule is CN(C)c1ccc(-c2nc3n(n2)[C@H](c2ccccc2Cl)C2=C(CCCC2=O)N3)cc1. The van der Waals surface area contributed by atoms with Crippen LogP contribution in [0.1, 0.15) is 30.9 Å². The molecule has 5 rings (SSSR count). The molecule has 0 saturated carbocycles. The number of hydrogen-bond donors (Lipinski definition) is 1. The smallest absolute Gasteiger partial charge is 0.226 e. The van der Waals surface area contributed by atoms with Crippen LogP contribution in [0.5, 0.6) is 0 Å². The van der Waals surface area contributed by atoms with Crippen molar-refractivity contribution in [2.75, 3.05) is 24.3 Å². The molecule has 30 heavy (non-hydrogen) atoms. The molecule has 1 N–H and O–H groups in total. The van der Waals surface area contributed by atoms with Crippen molar-refractivity contribution in [3.05, 3.63) is 70.4 Å². The lowest BCUT2D eigenvalue weighted by Crippen LogP contribution is -2.31. The lowest BCUT2D eigenvalue weighted by molar-refractivity contribution is -0.116. The number of allylic oxidation sites excluding steroid dienone is 2. The van der Waals surface area contributed by atoms with E-state index in [-0.39, 0.29) is 11.8 Å². The molecule has 3 aromatic rings. The first-order valence-electron chi connectivity index (χ1n) is 10.0. The number of fused-ring (bicyclic) bond motifs is 1. The average Bonchev–Trinajstić information content (AvgIpc) is 3.17. The minimum absolute atomic E-state index is 0.145. The Morgan fingerprint density at radius 2 is 1.87 bits per heavy atom. The van der Waals surface area contributed by atoms with Crippen molar-refractivity contribution in [2.24, 2.45) is 0 Å². The fourth-order valence-electron chi connectivity index (χ4n) is 4.17. The third-order valence-electron chi connectivity index (χ3n) is 5.71. The lowest BCUT2D eigenvalue weighted by atomic mass is 9.85. The molecule has 0 spiro atoms. The van der Waals surface area contributed by atoms with Crippen LogP contribution < -0.4 is 10.2 Å². The molecule has 1 aromatic heterocycles. The van der Waals surface area contributed by atoms with Crippen LogP contribution in [0.25, 0.3) is 11.4 Å². The van der Waals surface area contributed by atoms with E-state index in [1.165, 1.54) is 0 Å². The number of rotatable bonds is 3.